The maximum Gasteiger partial charge on any atom is 0.119 e. The average molecular weight is 261 g/mol. The third-order valence-electron chi connectivity index (χ3n) is 4.22. The lowest BCUT2D eigenvalue weighted by Gasteiger charge is -2.33. The van der Waals surface area contributed by atoms with Crippen LogP contribution in [-0.4, -0.2) is 19.2 Å². The normalized spacial score (nSPS) is 27.2. The molecular weight excluding hydrogens is 234 g/mol. The first kappa shape index (κ1) is 14.4. The summed E-state index contributed by atoms with van der Waals surface area (Å²) in [6, 6.07) is 8.92. The van der Waals surface area contributed by atoms with Gasteiger partial charge in [-0.15, -0.1) is 0 Å². The quantitative estimate of drug-likeness (QED) is 0.814. The molecule has 1 aromatic carbocycles. The molecule has 19 heavy (non-hydrogen) atoms. The van der Waals surface area contributed by atoms with Crippen molar-refractivity contribution >= 4 is 0 Å². The third kappa shape index (κ3) is 4.54. The highest BCUT2D eigenvalue weighted by atomic mass is 16.5. The zero-order valence-electron chi connectivity index (χ0n) is 12.5. The van der Waals surface area contributed by atoms with Gasteiger partial charge >= 0.3 is 0 Å². The highest BCUT2D eigenvalue weighted by Gasteiger charge is 2.24. The molecule has 1 fully saturated rings. The summed E-state index contributed by atoms with van der Waals surface area (Å²) in [6.45, 7) is 8.52. The maximum atomic E-state index is 5.78. The van der Waals surface area contributed by atoms with E-state index in [0.717, 1.165) is 30.7 Å². The molecule has 0 spiro atoms. The van der Waals surface area contributed by atoms with Crippen LogP contribution in [0.15, 0.2) is 24.3 Å². The minimum atomic E-state index is 0.671. The molecular formula is C17H27NO. The van der Waals surface area contributed by atoms with E-state index in [0.29, 0.717) is 6.04 Å². The van der Waals surface area contributed by atoms with Crippen LogP contribution in [0.1, 0.15) is 38.7 Å². The van der Waals surface area contributed by atoms with E-state index < -0.39 is 0 Å². The van der Waals surface area contributed by atoms with Gasteiger partial charge in [0.1, 0.15) is 12.4 Å². The van der Waals surface area contributed by atoms with Gasteiger partial charge in [-0.05, 0) is 49.3 Å². The molecule has 3 atom stereocenters. The van der Waals surface area contributed by atoms with Crippen molar-refractivity contribution in [2.45, 2.75) is 46.1 Å². The Morgan fingerprint density at radius 3 is 2.89 bits per heavy atom. The zero-order chi connectivity index (χ0) is 13.7. The van der Waals surface area contributed by atoms with Gasteiger partial charge in [0.25, 0.3) is 0 Å². The first-order chi connectivity index (χ1) is 9.15. The van der Waals surface area contributed by atoms with Crippen LogP contribution in [0.3, 0.4) is 0 Å². The lowest BCUT2D eigenvalue weighted by Crippen LogP contribution is -2.41. The van der Waals surface area contributed by atoms with Crippen molar-refractivity contribution < 1.29 is 4.74 Å². The minimum absolute atomic E-state index is 0.671. The van der Waals surface area contributed by atoms with Crippen LogP contribution in [-0.2, 0) is 0 Å². The molecule has 1 aliphatic carbocycles. The van der Waals surface area contributed by atoms with Crippen molar-refractivity contribution in [3.63, 3.8) is 0 Å². The summed E-state index contributed by atoms with van der Waals surface area (Å²) >= 11 is 0. The summed E-state index contributed by atoms with van der Waals surface area (Å²) in [7, 11) is 0. The molecule has 3 unspecified atom stereocenters. The van der Waals surface area contributed by atoms with Gasteiger partial charge in [0, 0.05) is 12.6 Å². The molecule has 1 aromatic rings. The van der Waals surface area contributed by atoms with Crippen molar-refractivity contribution in [2.24, 2.45) is 11.8 Å². The Morgan fingerprint density at radius 2 is 2.11 bits per heavy atom. The Labute approximate surface area is 117 Å². The first-order valence-corrected chi connectivity index (χ1v) is 7.58. The SMILES string of the molecule is Cc1cccc(OCCNC2CC(C)CCC2C)c1. The molecule has 0 heterocycles. The van der Waals surface area contributed by atoms with Gasteiger partial charge in [-0.3, -0.25) is 0 Å². The van der Waals surface area contributed by atoms with Crippen LogP contribution < -0.4 is 10.1 Å². The summed E-state index contributed by atoms with van der Waals surface area (Å²) in [4.78, 5) is 0. The summed E-state index contributed by atoms with van der Waals surface area (Å²) < 4.78 is 5.78. The van der Waals surface area contributed by atoms with E-state index in [4.69, 9.17) is 4.74 Å². The summed E-state index contributed by atoms with van der Waals surface area (Å²) in [5.41, 5.74) is 1.25. The largest absolute Gasteiger partial charge is 0.492 e. The van der Waals surface area contributed by atoms with E-state index in [1.54, 1.807) is 0 Å². The zero-order valence-corrected chi connectivity index (χ0v) is 12.5. The molecule has 106 valence electrons. The van der Waals surface area contributed by atoms with Crippen LogP contribution >= 0.6 is 0 Å². The van der Waals surface area contributed by atoms with Gasteiger partial charge in [0.15, 0.2) is 0 Å². The predicted octanol–water partition coefficient (Wildman–Crippen LogP) is 3.79. The van der Waals surface area contributed by atoms with Crippen molar-refractivity contribution in [2.75, 3.05) is 13.2 Å². The second kappa shape index (κ2) is 6.95. The minimum Gasteiger partial charge on any atom is -0.492 e. The predicted molar refractivity (Wildman–Crippen MR) is 80.6 cm³/mol. The monoisotopic (exact) mass is 261 g/mol. The molecule has 2 nitrogen and oxygen atoms in total. The molecule has 1 N–H and O–H groups in total. The van der Waals surface area contributed by atoms with Crippen molar-refractivity contribution in [1.29, 1.82) is 0 Å². The number of hydrogen-bond donors (Lipinski definition) is 1. The van der Waals surface area contributed by atoms with Gasteiger partial charge in [-0.2, -0.15) is 0 Å². The number of benzene rings is 1. The van der Waals surface area contributed by atoms with E-state index in [2.05, 4.69) is 38.2 Å². The maximum absolute atomic E-state index is 5.78. The highest BCUT2D eigenvalue weighted by molar-refractivity contribution is 5.27. The van der Waals surface area contributed by atoms with Crippen LogP contribution in [0.25, 0.3) is 0 Å². The Kier molecular flexibility index (Phi) is 5.26. The molecule has 1 aliphatic rings. The fraction of sp³-hybridized carbons (Fsp3) is 0.647. The Hall–Kier alpha value is -1.02. The van der Waals surface area contributed by atoms with Gasteiger partial charge in [-0.1, -0.05) is 32.4 Å². The van der Waals surface area contributed by atoms with E-state index >= 15 is 0 Å². The smallest absolute Gasteiger partial charge is 0.119 e. The second-order valence-corrected chi connectivity index (χ2v) is 6.12. The van der Waals surface area contributed by atoms with Gasteiger partial charge in [0.2, 0.25) is 0 Å². The average Bonchev–Trinajstić information content (AvgIpc) is 2.39. The molecule has 0 bridgehead atoms. The third-order valence-corrected chi connectivity index (χ3v) is 4.22. The molecule has 0 aromatic heterocycles. The Balaban J connectivity index is 1.69. The lowest BCUT2D eigenvalue weighted by molar-refractivity contribution is 0.215. The summed E-state index contributed by atoms with van der Waals surface area (Å²) in [6.07, 6.45) is 4.06. The topological polar surface area (TPSA) is 21.3 Å². The highest BCUT2D eigenvalue weighted by Crippen LogP contribution is 2.28. The molecule has 0 saturated heterocycles. The standard InChI is InChI=1S/C17H27NO/c1-13-5-4-6-16(11-13)19-10-9-18-17-12-14(2)7-8-15(17)3/h4-6,11,14-15,17-18H,7-10,12H2,1-3H3. The summed E-state index contributed by atoms with van der Waals surface area (Å²) in [5, 5.41) is 3.66. The van der Waals surface area contributed by atoms with Crippen LogP contribution in [0.4, 0.5) is 0 Å². The molecule has 0 amide bonds. The number of ether oxygens (including phenoxy) is 1. The van der Waals surface area contributed by atoms with Crippen molar-refractivity contribution in [1.82, 2.24) is 5.32 Å². The van der Waals surface area contributed by atoms with E-state index in [1.807, 2.05) is 12.1 Å². The Bertz CT molecular complexity index is 391. The molecule has 0 aliphatic heterocycles. The molecule has 0 radical (unpaired) electrons. The molecule has 1 saturated carbocycles. The van der Waals surface area contributed by atoms with Crippen LogP contribution in [0, 0.1) is 18.8 Å². The number of nitrogens with one attached hydrogen (secondary N) is 1. The molecule has 2 rings (SSSR count). The van der Waals surface area contributed by atoms with Crippen LogP contribution in [0.5, 0.6) is 5.75 Å². The fourth-order valence-corrected chi connectivity index (χ4v) is 2.94. The van der Waals surface area contributed by atoms with Gasteiger partial charge in [0.05, 0.1) is 0 Å². The van der Waals surface area contributed by atoms with E-state index in [-0.39, 0.29) is 0 Å². The first-order valence-electron chi connectivity index (χ1n) is 7.58. The molecule has 2 heteroatoms. The van der Waals surface area contributed by atoms with E-state index in [1.165, 1.54) is 24.8 Å². The number of hydrogen-bond acceptors (Lipinski definition) is 2. The van der Waals surface area contributed by atoms with Crippen LogP contribution in [0.2, 0.25) is 0 Å². The number of aryl methyl sites for hydroxylation is 1. The second-order valence-electron chi connectivity index (χ2n) is 6.12. The van der Waals surface area contributed by atoms with Crippen molar-refractivity contribution in [3.05, 3.63) is 29.8 Å². The fourth-order valence-electron chi connectivity index (χ4n) is 2.94. The summed E-state index contributed by atoms with van der Waals surface area (Å²) in [5.74, 6) is 2.65. The van der Waals surface area contributed by atoms with Gasteiger partial charge < -0.3 is 10.1 Å². The number of rotatable bonds is 5. The van der Waals surface area contributed by atoms with E-state index in [9.17, 15) is 0 Å². The van der Waals surface area contributed by atoms with Gasteiger partial charge in [-0.25, -0.2) is 0 Å². The van der Waals surface area contributed by atoms with Crippen molar-refractivity contribution in [3.8, 4) is 5.75 Å². The lowest BCUT2D eigenvalue weighted by atomic mass is 9.80. The Morgan fingerprint density at radius 1 is 1.26 bits per heavy atom.